The van der Waals surface area contributed by atoms with Crippen LogP contribution in [-0.2, 0) is 16.0 Å². The Labute approximate surface area is 170 Å². The molecule has 0 atom stereocenters. The number of amides is 2. The van der Waals surface area contributed by atoms with Crippen LogP contribution in [0.15, 0.2) is 54.6 Å². The largest absolute Gasteiger partial charge is 0.483 e. The number of carbonyl (C=O) groups is 2. The van der Waals surface area contributed by atoms with Gasteiger partial charge in [0.2, 0.25) is 0 Å². The molecule has 0 spiro atoms. The Bertz CT molecular complexity index is 884. The number of benzene rings is 2. The van der Waals surface area contributed by atoms with Crippen molar-refractivity contribution in [3.8, 4) is 11.8 Å². The second kappa shape index (κ2) is 9.74. The summed E-state index contributed by atoms with van der Waals surface area (Å²) in [5.74, 6) is -0.298. The van der Waals surface area contributed by atoms with Crippen LogP contribution in [0, 0.1) is 16.7 Å². The summed E-state index contributed by atoms with van der Waals surface area (Å²) in [5.41, 5.74) is 5.83. The standard InChI is InChI=1S/C23H25N3O3/c24-17-23(13-7-2-8-14-23)22(28)26-25-21(27)16-29-20-12-6-5-11-19(20)15-18-9-3-1-4-10-18/h1,3-6,9-12H,2,7-8,13-16H2,(H,25,27)(H,26,28). The molecule has 29 heavy (non-hydrogen) atoms. The molecule has 0 saturated heterocycles. The molecule has 6 nitrogen and oxygen atoms in total. The predicted molar refractivity (Wildman–Crippen MR) is 109 cm³/mol. The highest BCUT2D eigenvalue weighted by Crippen LogP contribution is 2.35. The maximum absolute atomic E-state index is 12.4. The minimum Gasteiger partial charge on any atom is -0.483 e. The average molecular weight is 391 g/mol. The van der Waals surface area contributed by atoms with Crippen LogP contribution in [-0.4, -0.2) is 18.4 Å². The van der Waals surface area contributed by atoms with Crippen LogP contribution in [0.5, 0.6) is 5.75 Å². The molecule has 150 valence electrons. The van der Waals surface area contributed by atoms with Gasteiger partial charge in [0.25, 0.3) is 11.8 Å². The van der Waals surface area contributed by atoms with E-state index in [-0.39, 0.29) is 6.61 Å². The van der Waals surface area contributed by atoms with Crippen molar-refractivity contribution in [1.29, 1.82) is 5.26 Å². The number of para-hydroxylation sites is 1. The van der Waals surface area contributed by atoms with Crippen molar-refractivity contribution in [3.63, 3.8) is 0 Å². The van der Waals surface area contributed by atoms with E-state index >= 15 is 0 Å². The molecule has 0 heterocycles. The fourth-order valence-electron chi connectivity index (χ4n) is 3.58. The van der Waals surface area contributed by atoms with Crippen molar-refractivity contribution in [2.75, 3.05) is 6.61 Å². The number of hydrogen-bond acceptors (Lipinski definition) is 4. The summed E-state index contributed by atoms with van der Waals surface area (Å²) in [6, 6.07) is 19.7. The van der Waals surface area contributed by atoms with Crippen LogP contribution < -0.4 is 15.6 Å². The minimum atomic E-state index is -1.05. The van der Waals surface area contributed by atoms with Gasteiger partial charge >= 0.3 is 0 Å². The van der Waals surface area contributed by atoms with Crippen LogP contribution in [0.3, 0.4) is 0 Å². The third kappa shape index (κ3) is 5.35. The molecule has 2 aromatic carbocycles. The molecule has 1 aliphatic rings. The predicted octanol–water partition coefficient (Wildman–Crippen LogP) is 3.28. The van der Waals surface area contributed by atoms with Gasteiger partial charge in [-0.05, 0) is 30.0 Å². The smallest absolute Gasteiger partial charge is 0.276 e. The monoisotopic (exact) mass is 391 g/mol. The molecule has 2 N–H and O–H groups in total. The summed E-state index contributed by atoms with van der Waals surface area (Å²) in [6.07, 6.45) is 4.45. The van der Waals surface area contributed by atoms with Gasteiger partial charge < -0.3 is 4.74 Å². The number of rotatable bonds is 6. The normalized spacial score (nSPS) is 15.0. The fraction of sp³-hybridized carbons (Fsp3) is 0.348. The van der Waals surface area contributed by atoms with Gasteiger partial charge in [-0.15, -0.1) is 0 Å². The maximum Gasteiger partial charge on any atom is 0.276 e. The van der Waals surface area contributed by atoms with E-state index < -0.39 is 17.2 Å². The molecule has 0 aromatic heterocycles. The first-order valence-electron chi connectivity index (χ1n) is 9.88. The van der Waals surface area contributed by atoms with Crippen molar-refractivity contribution in [3.05, 3.63) is 65.7 Å². The molecule has 1 saturated carbocycles. The van der Waals surface area contributed by atoms with E-state index in [4.69, 9.17) is 4.74 Å². The summed E-state index contributed by atoms with van der Waals surface area (Å²) < 4.78 is 5.67. The lowest BCUT2D eigenvalue weighted by atomic mass is 9.75. The molecule has 1 aliphatic carbocycles. The summed E-state index contributed by atoms with van der Waals surface area (Å²) in [6.45, 7) is -0.231. The number of nitrogens with one attached hydrogen (secondary N) is 2. The number of nitrogens with zero attached hydrogens (tertiary/aromatic N) is 1. The van der Waals surface area contributed by atoms with Crippen LogP contribution in [0.2, 0.25) is 0 Å². The molecule has 0 unspecified atom stereocenters. The summed E-state index contributed by atoms with van der Waals surface area (Å²) in [5, 5.41) is 9.43. The number of nitriles is 1. The highest BCUT2D eigenvalue weighted by atomic mass is 16.5. The maximum atomic E-state index is 12.4. The van der Waals surface area contributed by atoms with Crippen molar-refractivity contribution >= 4 is 11.8 Å². The molecular formula is C23H25N3O3. The molecule has 2 aromatic rings. The minimum absolute atomic E-state index is 0.231. The molecule has 0 aliphatic heterocycles. The second-order valence-electron chi connectivity index (χ2n) is 7.32. The Hall–Kier alpha value is -3.33. The van der Waals surface area contributed by atoms with E-state index in [1.165, 1.54) is 0 Å². The second-order valence-corrected chi connectivity index (χ2v) is 7.32. The fourth-order valence-corrected chi connectivity index (χ4v) is 3.58. The van der Waals surface area contributed by atoms with Crippen LogP contribution in [0.1, 0.15) is 43.2 Å². The summed E-state index contributed by atoms with van der Waals surface area (Å²) >= 11 is 0. The first-order chi connectivity index (χ1) is 14.1. The van der Waals surface area contributed by atoms with E-state index in [0.717, 1.165) is 30.4 Å². The van der Waals surface area contributed by atoms with Gasteiger partial charge in [0.1, 0.15) is 11.2 Å². The topological polar surface area (TPSA) is 91.2 Å². The van der Waals surface area contributed by atoms with Gasteiger partial charge in [-0.1, -0.05) is 67.8 Å². The molecule has 3 rings (SSSR count). The van der Waals surface area contributed by atoms with Gasteiger partial charge in [-0.25, -0.2) is 0 Å². The van der Waals surface area contributed by atoms with Crippen LogP contribution in [0.4, 0.5) is 0 Å². The molecule has 0 bridgehead atoms. The Kier molecular flexibility index (Phi) is 6.85. The number of hydrogen-bond donors (Lipinski definition) is 2. The zero-order valence-electron chi connectivity index (χ0n) is 16.3. The highest BCUT2D eigenvalue weighted by molar-refractivity contribution is 5.88. The summed E-state index contributed by atoms with van der Waals surface area (Å²) in [7, 11) is 0. The van der Waals surface area contributed by atoms with Crippen LogP contribution in [0.25, 0.3) is 0 Å². The van der Waals surface area contributed by atoms with E-state index in [0.29, 0.717) is 25.0 Å². The Balaban J connectivity index is 1.52. The van der Waals surface area contributed by atoms with Crippen molar-refractivity contribution in [2.24, 2.45) is 5.41 Å². The molecule has 6 heteroatoms. The molecular weight excluding hydrogens is 366 g/mol. The number of ether oxygens (including phenoxy) is 1. The first kappa shape index (κ1) is 20.4. The lowest BCUT2D eigenvalue weighted by Crippen LogP contribution is -2.50. The van der Waals surface area contributed by atoms with E-state index in [2.05, 4.69) is 16.9 Å². The Morgan fingerprint density at radius 1 is 0.966 bits per heavy atom. The lowest BCUT2D eigenvalue weighted by molar-refractivity contribution is -0.135. The number of carbonyl (C=O) groups excluding carboxylic acids is 2. The van der Waals surface area contributed by atoms with Crippen molar-refractivity contribution in [1.82, 2.24) is 10.9 Å². The van der Waals surface area contributed by atoms with Crippen molar-refractivity contribution < 1.29 is 14.3 Å². The van der Waals surface area contributed by atoms with E-state index in [1.54, 1.807) is 0 Å². The lowest BCUT2D eigenvalue weighted by Gasteiger charge is -2.29. The van der Waals surface area contributed by atoms with Gasteiger partial charge in [0.15, 0.2) is 6.61 Å². The molecule has 0 radical (unpaired) electrons. The first-order valence-corrected chi connectivity index (χ1v) is 9.88. The molecule has 1 fully saturated rings. The van der Waals surface area contributed by atoms with Gasteiger partial charge in [0, 0.05) is 6.42 Å². The van der Waals surface area contributed by atoms with Crippen LogP contribution >= 0.6 is 0 Å². The van der Waals surface area contributed by atoms with E-state index in [9.17, 15) is 14.9 Å². The van der Waals surface area contributed by atoms with Gasteiger partial charge in [0.05, 0.1) is 6.07 Å². The van der Waals surface area contributed by atoms with Crippen molar-refractivity contribution in [2.45, 2.75) is 38.5 Å². The average Bonchev–Trinajstić information content (AvgIpc) is 2.78. The SMILES string of the molecule is N#CC1(C(=O)NNC(=O)COc2ccccc2Cc2ccccc2)CCCCC1. The Morgan fingerprint density at radius 2 is 1.66 bits per heavy atom. The third-order valence-corrected chi connectivity index (χ3v) is 5.24. The zero-order chi connectivity index (χ0) is 20.5. The van der Waals surface area contributed by atoms with E-state index in [1.807, 2.05) is 54.6 Å². The molecule has 2 amide bonds. The zero-order valence-corrected chi connectivity index (χ0v) is 16.3. The highest BCUT2D eigenvalue weighted by Gasteiger charge is 2.40. The summed E-state index contributed by atoms with van der Waals surface area (Å²) in [4.78, 5) is 24.5. The number of hydrazine groups is 1. The van der Waals surface area contributed by atoms with Gasteiger partial charge in [-0.2, -0.15) is 5.26 Å². The quantitative estimate of drug-likeness (QED) is 0.740. The Morgan fingerprint density at radius 3 is 2.38 bits per heavy atom. The van der Waals surface area contributed by atoms with Gasteiger partial charge in [-0.3, -0.25) is 20.4 Å². The third-order valence-electron chi connectivity index (χ3n) is 5.24.